The molecule has 2 aliphatic rings. The molecule has 3 rings (SSSR count). The Hall–Kier alpha value is -1.30. The number of piperidine rings is 1. The summed E-state index contributed by atoms with van der Waals surface area (Å²) in [5, 5.41) is 3.68. The number of urea groups is 1. The van der Waals surface area contributed by atoms with Crippen molar-refractivity contribution < 1.29 is 9.53 Å². The average Bonchev–Trinajstić information content (AvgIpc) is 2.63. The Morgan fingerprint density at radius 1 is 1.17 bits per heavy atom. The van der Waals surface area contributed by atoms with E-state index < -0.39 is 0 Å². The van der Waals surface area contributed by atoms with Crippen LogP contribution in [-0.2, 0) is 4.74 Å². The molecule has 0 aromatic heterocycles. The van der Waals surface area contributed by atoms with E-state index in [9.17, 15) is 4.79 Å². The molecule has 24 heavy (non-hydrogen) atoms. The van der Waals surface area contributed by atoms with E-state index in [1.165, 1.54) is 6.42 Å². The third-order valence-corrected chi connectivity index (χ3v) is 5.12. The maximum absolute atomic E-state index is 12.7. The first-order valence-electron chi connectivity index (χ1n) is 8.86. The summed E-state index contributed by atoms with van der Waals surface area (Å²) in [5.74, 6) is 0. The van der Waals surface area contributed by atoms with Gasteiger partial charge in [-0.15, -0.1) is 0 Å². The Labute approximate surface area is 148 Å². The molecule has 2 amide bonds. The van der Waals surface area contributed by atoms with Gasteiger partial charge < -0.3 is 15.0 Å². The van der Waals surface area contributed by atoms with E-state index in [0.29, 0.717) is 11.1 Å². The fourth-order valence-corrected chi connectivity index (χ4v) is 3.58. The van der Waals surface area contributed by atoms with Crippen molar-refractivity contribution in [3.63, 3.8) is 0 Å². The maximum atomic E-state index is 12.7. The fraction of sp³-hybridized carbons (Fsp3) is 0.611. The number of halogens is 1. The predicted molar refractivity (Wildman–Crippen MR) is 96.7 cm³/mol. The highest BCUT2D eigenvalue weighted by Gasteiger charge is 2.27. The zero-order chi connectivity index (χ0) is 16.8. The highest BCUT2D eigenvalue weighted by atomic mass is 35.5. The molecule has 0 radical (unpaired) electrons. The smallest absolute Gasteiger partial charge is 0.322 e. The molecule has 5 nitrogen and oxygen atoms in total. The largest absolute Gasteiger partial charge is 0.379 e. The minimum Gasteiger partial charge on any atom is -0.379 e. The first-order chi connectivity index (χ1) is 11.7. The zero-order valence-electron chi connectivity index (χ0n) is 14.0. The zero-order valence-corrected chi connectivity index (χ0v) is 14.8. The molecule has 2 heterocycles. The van der Waals surface area contributed by atoms with Crippen LogP contribution in [0.1, 0.15) is 25.7 Å². The van der Waals surface area contributed by atoms with Crippen molar-refractivity contribution in [1.82, 2.24) is 9.80 Å². The molecule has 132 valence electrons. The summed E-state index contributed by atoms with van der Waals surface area (Å²) in [7, 11) is 0. The first-order valence-corrected chi connectivity index (χ1v) is 9.23. The van der Waals surface area contributed by atoms with Gasteiger partial charge in [0.25, 0.3) is 0 Å². The van der Waals surface area contributed by atoms with Crippen molar-refractivity contribution in [3.05, 3.63) is 29.3 Å². The monoisotopic (exact) mass is 351 g/mol. The van der Waals surface area contributed by atoms with Crippen LogP contribution in [0.2, 0.25) is 5.02 Å². The van der Waals surface area contributed by atoms with Gasteiger partial charge in [0.2, 0.25) is 0 Å². The van der Waals surface area contributed by atoms with E-state index in [4.69, 9.17) is 16.3 Å². The van der Waals surface area contributed by atoms with E-state index in [1.807, 2.05) is 17.0 Å². The number of rotatable bonds is 4. The summed E-state index contributed by atoms with van der Waals surface area (Å²) in [6, 6.07) is 7.60. The second-order valence-corrected chi connectivity index (χ2v) is 6.96. The summed E-state index contributed by atoms with van der Waals surface area (Å²) in [6.07, 6.45) is 4.42. The summed E-state index contributed by atoms with van der Waals surface area (Å²) in [5.41, 5.74) is 0.793. The highest BCUT2D eigenvalue weighted by molar-refractivity contribution is 6.30. The number of carbonyl (C=O) groups is 1. The molecule has 1 atom stereocenters. The number of morpholine rings is 1. The first kappa shape index (κ1) is 17.5. The van der Waals surface area contributed by atoms with Crippen LogP contribution in [0.25, 0.3) is 0 Å². The van der Waals surface area contributed by atoms with Crippen molar-refractivity contribution in [1.29, 1.82) is 0 Å². The molecule has 0 spiro atoms. The number of hydrogen-bond acceptors (Lipinski definition) is 3. The van der Waals surface area contributed by atoms with Crippen LogP contribution in [0.4, 0.5) is 10.5 Å². The molecule has 1 aromatic rings. The van der Waals surface area contributed by atoms with Gasteiger partial charge in [0, 0.05) is 42.9 Å². The van der Waals surface area contributed by atoms with Crippen molar-refractivity contribution >= 4 is 23.3 Å². The van der Waals surface area contributed by atoms with Crippen LogP contribution >= 0.6 is 11.6 Å². The second-order valence-electron chi connectivity index (χ2n) is 6.52. The van der Waals surface area contributed by atoms with Gasteiger partial charge in [0.05, 0.1) is 13.2 Å². The lowest BCUT2D eigenvalue weighted by Crippen LogP contribution is -2.48. The maximum Gasteiger partial charge on any atom is 0.322 e. The molecule has 0 aliphatic carbocycles. The Bertz CT molecular complexity index is 532. The predicted octanol–water partition coefficient (Wildman–Crippen LogP) is 3.45. The molecule has 2 fully saturated rings. The number of likely N-dealkylation sites (tertiary alicyclic amines) is 1. The fourth-order valence-electron chi connectivity index (χ4n) is 3.45. The van der Waals surface area contributed by atoms with E-state index in [0.717, 1.165) is 64.3 Å². The van der Waals surface area contributed by atoms with Gasteiger partial charge >= 0.3 is 6.03 Å². The summed E-state index contributed by atoms with van der Waals surface area (Å²) in [4.78, 5) is 17.1. The minimum atomic E-state index is 0.00370. The molecular weight excluding hydrogens is 326 g/mol. The summed E-state index contributed by atoms with van der Waals surface area (Å²) >= 11 is 5.90. The summed E-state index contributed by atoms with van der Waals surface area (Å²) < 4.78 is 5.40. The molecule has 2 saturated heterocycles. The number of benzene rings is 1. The average molecular weight is 352 g/mol. The van der Waals surface area contributed by atoms with Gasteiger partial charge in [-0.2, -0.15) is 0 Å². The van der Waals surface area contributed by atoms with E-state index in [-0.39, 0.29) is 6.03 Å². The number of anilines is 1. The molecule has 6 heteroatoms. The number of hydrogen-bond donors (Lipinski definition) is 1. The molecule has 0 unspecified atom stereocenters. The second kappa shape index (κ2) is 8.70. The number of nitrogens with zero attached hydrogens (tertiary/aromatic N) is 2. The van der Waals surface area contributed by atoms with Gasteiger partial charge in [0.15, 0.2) is 0 Å². The van der Waals surface area contributed by atoms with E-state index >= 15 is 0 Å². The lowest BCUT2D eigenvalue weighted by molar-refractivity contribution is 0.0329. The molecule has 0 bridgehead atoms. The van der Waals surface area contributed by atoms with Gasteiger partial charge in [-0.25, -0.2) is 4.79 Å². The van der Waals surface area contributed by atoms with Crippen molar-refractivity contribution in [2.45, 2.75) is 31.7 Å². The molecule has 1 aromatic carbocycles. The molecule has 0 saturated carbocycles. The molecule has 1 N–H and O–H groups in total. The third kappa shape index (κ3) is 4.85. The van der Waals surface area contributed by atoms with Crippen molar-refractivity contribution in [3.8, 4) is 0 Å². The van der Waals surface area contributed by atoms with Crippen LogP contribution in [-0.4, -0.2) is 61.3 Å². The number of nitrogens with one attached hydrogen (secondary N) is 1. The van der Waals surface area contributed by atoms with E-state index in [2.05, 4.69) is 10.2 Å². The van der Waals surface area contributed by atoms with Gasteiger partial charge in [0.1, 0.15) is 0 Å². The van der Waals surface area contributed by atoms with Crippen LogP contribution in [0.15, 0.2) is 24.3 Å². The number of amides is 2. The Balaban J connectivity index is 1.54. The van der Waals surface area contributed by atoms with Gasteiger partial charge in [-0.1, -0.05) is 11.6 Å². The van der Waals surface area contributed by atoms with Gasteiger partial charge in [-0.3, -0.25) is 4.90 Å². The van der Waals surface area contributed by atoms with Crippen molar-refractivity contribution in [2.24, 2.45) is 0 Å². The lowest BCUT2D eigenvalue weighted by atomic mass is 9.99. The summed E-state index contributed by atoms with van der Waals surface area (Å²) in [6.45, 7) is 5.54. The SMILES string of the molecule is O=C(Nc1ccc(Cl)cc1)N1CCCC[C@@H]1CCN1CCOCC1. The minimum absolute atomic E-state index is 0.00370. The molecule has 2 aliphatic heterocycles. The Morgan fingerprint density at radius 2 is 1.92 bits per heavy atom. The lowest BCUT2D eigenvalue weighted by Gasteiger charge is -2.37. The van der Waals surface area contributed by atoms with Gasteiger partial charge in [-0.05, 0) is 49.9 Å². The van der Waals surface area contributed by atoms with E-state index in [1.54, 1.807) is 12.1 Å². The number of ether oxygens (including phenoxy) is 1. The van der Waals surface area contributed by atoms with Crippen LogP contribution in [0.5, 0.6) is 0 Å². The third-order valence-electron chi connectivity index (χ3n) is 4.87. The normalized spacial score (nSPS) is 22.4. The Morgan fingerprint density at radius 3 is 2.67 bits per heavy atom. The molecular formula is C18H26ClN3O2. The quantitative estimate of drug-likeness (QED) is 0.903. The Kier molecular flexibility index (Phi) is 6.35. The topological polar surface area (TPSA) is 44.8 Å². The van der Waals surface area contributed by atoms with Crippen LogP contribution in [0, 0.1) is 0 Å². The standard InChI is InChI=1S/C18H26ClN3O2/c19-15-4-6-16(7-5-15)20-18(23)22-9-2-1-3-17(22)8-10-21-11-13-24-14-12-21/h4-7,17H,1-3,8-14H2,(H,20,23)/t17-/m1/s1. The van der Waals surface area contributed by atoms with Crippen molar-refractivity contribution in [2.75, 3.05) is 44.7 Å². The highest BCUT2D eigenvalue weighted by Crippen LogP contribution is 2.22. The van der Waals surface area contributed by atoms with Crippen LogP contribution < -0.4 is 5.32 Å². The van der Waals surface area contributed by atoms with Crippen LogP contribution in [0.3, 0.4) is 0 Å². The number of carbonyl (C=O) groups excluding carboxylic acids is 1.